The third kappa shape index (κ3) is 6.39. The highest BCUT2D eigenvalue weighted by molar-refractivity contribution is 5.77. The van der Waals surface area contributed by atoms with Crippen LogP contribution in [0.15, 0.2) is 0 Å². The fourth-order valence-corrected chi connectivity index (χ4v) is 1.99. The Morgan fingerprint density at radius 3 is 1.89 bits per heavy atom. The van der Waals surface area contributed by atoms with Gasteiger partial charge in [-0.2, -0.15) is 0 Å². The molecule has 0 bridgehead atoms. The van der Waals surface area contributed by atoms with Gasteiger partial charge in [0.25, 0.3) is 0 Å². The summed E-state index contributed by atoms with van der Waals surface area (Å²) >= 11 is 0. The molecule has 0 aliphatic rings. The fraction of sp³-hybridized carbons (Fsp3) is 0.933. The number of rotatable bonds is 5. The molecule has 0 heterocycles. The van der Waals surface area contributed by atoms with Crippen LogP contribution < -0.4 is 5.32 Å². The van der Waals surface area contributed by atoms with Crippen LogP contribution in [0.5, 0.6) is 0 Å². The van der Waals surface area contributed by atoms with Gasteiger partial charge >= 0.3 is 0 Å². The molecule has 3 nitrogen and oxygen atoms in total. The molecule has 0 aromatic carbocycles. The van der Waals surface area contributed by atoms with Crippen LogP contribution in [0.2, 0.25) is 0 Å². The summed E-state index contributed by atoms with van der Waals surface area (Å²) in [7, 11) is 0. The highest BCUT2D eigenvalue weighted by atomic mass is 16.3. The standard InChI is InChI=1S/C15H31NO2/c1-11(10-13(2,3)4)9-12(17)16-14(5,6)15(7,8)18/h11,18H,9-10H2,1-8H3,(H,16,17). The molecule has 1 unspecified atom stereocenters. The zero-order valence-corrected chi connectivity index (χ0v) is 13.3. The SMILES string of the molecule is CC(CC(=O)NC(C)(C)C(C)(C)O)CC(C)(C)C. The van der Waals surface area contributed by atoms with Gasteiger partial charge in [-0.25, -0.2) is 0 Å². The Morgan fingerprint density at radius 1 is 1.11 bits per heavy atom. The molecule has 0 aliphatic heterocycles. The van der Waals surface area contributed by atoms with E-state index >= 15 is 0 Å². The Balaban J connectivity index is 4.37. The van der Waals surface area contributed by atoms with E-state index in [9.17, 15) is 9.90 Å². The van der Waals surface area contributed by atoms with Gasteiger partial charge in [0.05, 0.1) is 11.1 Å². The van der Waals surface area contributed by atoms with Gasteiger partial charge in [-0.05, 0) is 45.4 Å². The second-order valence-electron chi connectivity index (χ2n) is 7.81. The summed E-state index contributed by atoms with van der Waals surface area (Å²) in [5.41, 5.74) is -1.31. The minimum Gasteiger partial charge on any atom is -0.388 e. The molecule has 0 saturated carbocycles. The predicted molar refractivity (Wildman–Crippen MR) is 76.4 cm³/mol. The molecule has 1 amide bonds. The van der Waals surface area contributed by atoms with Gasteiger partial charge in [0.1, 0.15) is 0 Å². The van der Waals surface area contributed by atoms with Gasteiger partial charge in [-0.1, -0.05) is 27.7 Å². The van der Waals surface area contributed by atoms with Crippen molar-refractivity contribution < 1.29 is 9.90 Å². The maximum atomic E-state index is 12.0. The van der Waals surface area contributed by atoms with Crippen molar-refractivity contribution >= 4 is 5.91 Å². The third-order valence-electron chi connectivity index (χ3n) is 3.48. The molecule has 0 fully saturated rings. The van der Waals surface area contributed by atoms with Crippen molar-refractivity contribution in [2.45, 2.75) is 79.4 Å². The Hall–Kier alpha value is -0.570. The monoisotopic (exact) mass is 257 g/mol. The summed E-state index contributed by atoms with van der Waals surface area (Å²) in [6.45, 7) is 15.8. The molecular weight excluding hydrogens is 226 g/mol. The van der Waals surface area contributed by atoms with Crippen LogP contribution in [-0.2, 0) is 4.79 Å². The van der Waals surface area contributed by atoms with Gasteiger partial charge in [0.2, 0.25) is 5.91 Å². The first-order valence-corrected chi connectivity index (χ1v) is 6.78. The smallest absolute Gasteiger partial charge is 0.220 e. The zero-order chi connectivity index (χ0) is 14.8. The largest absolute Gasteiger partial charge is 0.388 e. The first-order chi connectivity index (χ1) is 7.74. The number of carbonyl (C=O) groups excluding carboxylic acids is 1. The topological polar surface area (TPSA) is 49.3 Å². The lowest BCUT2D eigenvalue weighted by Crippen LogP contribution is -2.57. The normalized spacial score (nSPS) is 15.4. The average Bonchev–Trinajstić information content (AvgIpc) is 1.94. The second kappa shape index (κ2) is 5.60. The number of hydrogen-bond donors (Lipinski definition) is 2. The number of hydrogen-bond acceptors (Lipinski definition) is 2. The van der Waals surface area contributed by atoms with E-state index in [0.29, 0.717) is 12.3 Å². The molecule has 0 aromatic heterocycles. The molecule has 0 saturated heterocycles. The van der Waals surface area contributed by atoms with E-state index < -0.39 is 11.1 Å². The first kappa shape index (κ1) is 17.4. The molecule has 2 N–H and O–H groups in total. The van der Waals surface area contributed by atoms with Crippen LogP contribution in [0.4, 0.5) is 0 Å². The molecule has 108 valence electrons. The van der Waals surface area contributed by atoms with E-state index in [1.165, 1.54) is 0 Å². The minimum atomic E-state index is -0.935. The molecule has 0 radical (unpaired) electrons. The summed E-state index contributed by atoms with van der Waals surface area (Å²) in [4.78, 5) is 12.0. The molecule has 3 heteroatoms. The Labute approximate surface area is 112 Å². The summed E-state index contributed by atoms with van der Waals surface area (Å²) in [5, 5.41) is 12.9. The Bertz CT molecular complexity index is 282. The Kier molecular flexibility index (Phi) is 5.42. The molecule has 0 aliphatic carbocycles. The maximum Gasteiger partial charge on any atom is 0.220 e. The quantitative estimate of drug-likeness (QED) is 0.795. The van der Waals surface area contributed by atoms with Crippen molar-refractivity contribution in [2.24, 2.45) is 11.3 Å². The van der Waals surface area contributed by atoms with Crippen LogP contribution >= 0.6 is 0 Å². The Morgan fingerprint density at radius 2 is 1.56 bits per heavy atom. The van der Waals surface area contributed by atoms with Crippen LogP contribution in [0, 0.1) is 11.3 Å². The van der Waals surface area contributed by atoms with E-state index in [0.717, 1.165) is 6.42 Å². The van der Waals surface area contributed by atoms with Gasteiger partial charge in [-0.3, -0.25) is 4.79 Å². The number of carbonyl (C=O) groups is 1. The molecule has 0 aromatic rings. The van der Waals surface area contributed by atoms with Crippen LogP contribution in [0.25, 0.3) is 0 Å². The summed E-state index contributed by atoms with van der Waals surface area (Å²) in [6.07, 6.45) is 1.53. The zero-order valence-electron chi connectivity index (χ0n) is 13.3. The second-order valence-corrected chi connectivity index (χ2v) is 7.81. The van der Waals surface area contributed by atoms with Gasteiger partial charge in [-0.15, -0.1) is 0 Å². The molecular formula is C15H31NO2. The van der Waals surface area contributed by atoms with Crippen molar-refractivity contribution in [3.63, 3.8) is 0 Å². The summed E-state index contributed by atoms with van der Waals surface area (Å²) < 4.78 is 0. The summed E-state index contributed by atoms with van der Waals surface area (Å²) in [6, 6.07) is 0. The van der Waals surface area contributed by atoms with Gasteiger partial charge in [0, 0.05) is 6.42 Å². The first-order valence-electron chi connectivity index (χ1n) is 6.78. The minimum absolute atomic E-state index is 0.0128. The van der Waals surface area contributed by atoms with Crippen LogP contribution in [0.3, 0.4) is 0 Å². The lowest BCUT2D eigenvalue weighted by Gasteiger charge is -2.38. The number of aliphatic hydroxyl groups is 1. The van der Waals surface area contributed by atoms with E-state index in [-0.39, 0.29) is 11.3 Å². The highest BCUT2D eigenvalue weighted by Gasteiger charge is 2.36. The lowest BCUT2D eigenvalue weighted by atomic mass is 9.83. The molecule has 18 heavy (non-hydrogen) atoms. The van der Waals surface area contributed by atoms with E-state index in [1.807, 2.05) is 13.8 Å². The third-order valence-corrected chi connectivity index (χ3v) is 3.48. The highest BCUT2D eigenvalue weighted by Crippen LogP contribution is 2.26. The fourth-order valence-electron chi connectivity index (χ4n) is 1.99. The van der Waals surface area contributed by atoms with Crippen LogP contribution in [0.1, 0.15) is 68.2 Å². The molecule has 0 rings (SSSR count). The maximum absolute atomic E-state index is 12.0. The summed E-state index contributed by atoms with van der Waals surface area (Å²) in [5.74, 6) is 0.362. The van der Waals surface area contributed by atoms with Gasteiger partial charge in [0.15, 0.2) is 0 Å². The molecule has 0 spiro atoms. The average molecular weight is 257 g/mol. The van der Waals surface area contributed by atoms with Crippen molar-refractivity contribution in [3.8, 4) is 0 Å². The van der Waals surface area contributed by atoms with Crippen molar-refractivity contribution in [3.05, 3.63) is 0 Å². The molecule has 1 atom stereocenters. The van der Waals surface area contributed by atoms with E-state index in [4.69, 9.17) is 0 Å². The lowest BCUT2D eigenvalue weighted by molar-refractivity contribution is -0.127. The van der Waals surface area contributed by atoms with Crippen molar-refractivity contribution in [1.29, 1.82) is 0 Å². The van der Waals surface area contributed by atoms with E-state index in [1.54, 1.807) is 13.8 Å². The van der Waals surface area contributed by atoms with Gasteiger partial charge < -0.3 is 10.4 Å². The number of nitrogens with one attached hydrogen (secondary N) is 1. The van der Waals surface area contributed by atoms with Crippen molar-refractivity contribution in [2.75, 3.05) is 0 Å². The van der Waals surface area contributed by atoms with Crippen molar-refractivity contribution in [1.82, 2.24) is 5.32 Å². The van der Waals surface area contributed by atoms with Crippen LogP contribution in [-0.4, -0.2) is 22.2 Å². The predicted octanol–water partition coefficient (Wildman–Crippen LogP) is 3.11. The van der Waals surface area contributed by atoms with E-state index in [2.05, 4.69) is 33.0 Å². The number of amides is 1.